The van der Waals surface area contributed by atoms with E-state index in [0.717, 1.165) is 0 Å². The van der Waals surface area contributed by atoms with E-state index in [1.807, 2.05) is 22.7 Å². The van der Waals surface area contributed by atoms with Crippen LogP contribution in [-0.2, 0) is 0 Å². The normalized spacial score (nSPS) is 12.0. The molecule has 0 nitrogen and oxygen atoms in total. The van der Waals surface area contributed by atoms with Crippen molar-refractivity contribution < 1.29 is 0 Å². The lowest BCUT2D eigenvalue weighted by atomic mass is 9.85. The van der Waals surface area contributed by atoms with Crippen LogP contribution in [-0.4, -0.2) is 0 Å². The van der Waals surface area contributed by atoms with Crippen molar-refractivity contribution in [2.45, 2.75) is 0 Å². The van der Waals surface area contributed by atoms with Gasteiger partial charge in [0.15, 0.2) is 0 Å². The van der Waals surface area contributed by atoms with Crippen LogP contribution in [0, 0.1) is 0 Å². The summed E-state index contributed by atoms with van der Waals surface area (Å²) >= 11 is 3.84. The summed E-state index contributed by atoms with van der Waals surface area (Å²) in [6.07, 6.45) is 0. The van der Waals surface area contributed by atoms with Gasteiger partial charge in [-0.05, 0) is 72.8 Å². The summed E-state index contributed by atoms with van der Waals surface area (Å²) in [5.41, 5.74) is 5.17. The van der Waals surface area contributed by atoms with Gasteiger partial charge in [0.05, 0.1) is 4.01 Å². The first-order chi connectivity index (χ1) is 19.8. The van der Waals surface area contributed by atoms with Gasteiger partial charge in [0, 0.05) is 25.6 Å². The second-order valence-electron chi connectivity index (χ2n) is 10.5. The van der Waals surface area contributed by atoms with Crippen molar-refractivity contribution in [1.82, 2.24) is 0 Å². The average Bonchev–Trinajstić information content (AvgIpc) is 3.55. The summed E-state index contributed by atoms with van der Waals surface area (Å²) < 4.78 is 4.14. The van der Waals surface area contributed by atoms with Gasteiger partial charge in [-0.3, -0.25) is 0 Å². The summed E-state index contributed by atoms with van der Waals surface area (Å²) in [5, 5.41) is 11.9. The molecule has 7 aromatic carbocycles. The number of benzene rings is 7. The average molecular weight is 543 g/mol. The Morgan fingerprint density at radius 3 is 1.55 bits per heavy atom. The first-order valence-electron chi connectivity index (χ1n) is 13.6. The Morgan fingerprint density at radius 2 is 0.850 bits per heavy atom. The molecule has 2 heterocycles. The third-order valence-electron chi connectivity index (χ3n) is 8.28. The van der Waals surface area contributed by atoms with Gasteiger partial charge < -0.3 is 0 Å². The maximum Gasteiger partial charge on any atom is 0.0890 e. The van der Waals surface area contributed by atoms with E-state index in [1.54, 1.807) is 0 Å². The maximum atomic E-state index is 2.42. The zero-order valence-electron chi connectivity index (χ0n) is 21.5. The van der Waals surface area contributed by atoms with Crippen LogP contribution in [0.2, 0.25) is 0 Å². The number of hydrogen-bond donors (Lipinski definition) is 0. The topological polar surface area (TPSA) is 0 Å². The SMILES string of the molecule is c1ccc2cc(-c3c4ccccc4c(-c4ccc5c(c4)sc4sc6ccccc6c45)c4ccccc34)ccc2c1. The summed E-state index contributed by atoms with van der Waals surface area (Å²) in [7, 11) is 0. The van der Waals surface area contributed by atoms with Gasteiger partial charge in [-0.2, -0.15) is 0 Å². The monoisotopic (exact) mass is 542 g/mol. The highest BCUT2D eigenvalue weighted by Gasteiger charge is 2.18. The molecule has 9 rings (SSSR count). The smallest absolute Gasteiger partial charge is 0.0890 e. The molecule has 40 heavy (non-hydrogen) atoms. The number of rotatable bonds is 2. The van der Waals surface area contributed by atoms with E-state index >= 15 is 0 Å². The molecule has 0 saturated carbocycles. The Hall–Kier alpha value is -4.50. The first-order valence-corrected chi connectivity index (χ1v) is 15.2. The Labute approximate surface area is 239 Å². The molecule has 186 valence electrons. The number of fused-ring (bicyclic) bond motifs is 8. The lowest BCUT2D eigenvalue weighted by molar-refractivity contribution is 1.69. The van der Waals surface area contributed by atoms with Gasteiger partial charge in [-0.25, -0.2) is 0 Å². The third-order valence-corrected chi connectivity index (χ3v) is 10.7. The van der Waals surface area contributed by atoms with Crippen molar-refractivity contribution in [2.75, 3.05) is 0 Å². The van der Waals surface area contributed by atoms with Crippen LogP contribution in [0.15, 0.2) is 133 Å². The largest absolute Gasteiger partial charge is 0.124 e. The Morgan fingerprint density at radius 1 is 0.350 bits per heavy atom. The Balaban J connectivity index is 1.35. The van der Waals surface area contributed by atoms with Gasteiger partial charge in [-0.1, -0.05) is 115 Å². The zero-order chi connectivity index (χ0) is 26.2. The molecular formula is C38H22S2. The van der Waals surface area contributed by atoms with E-state index in [9.17, 15) is 0 Å². The molecule has 0 saturated heterocycles. The molecule has 0 N–H and O–H groups in total. The molecule has 0 radical (unpaired) electrons. The molecule has 2 aromatic heterocycles. The van der Waals surface area contributed by atoms with Gasteiger partial charge in [-0.15, -0.1) is 22.7 Å². The molecular weight excluding hydrogens is 521 g/mol. The van der Waals surface area contributed by atoms with Crippen LogP contribution in [0.3, 0.4) is 0 Å². The van der Waals surface area contributed by atoms with Crippen molar-refractivity contribution in [3.05, 3.63) is 133 Å². The first kappa shape index (κ1) is 22.3. The van der Waals surface area contributed by atoms with Crippen LogP contribution in [0.5, 0.6) is 0 Å². The predicted octanol–water partition coefficient (Wildman–Crippen LogP) is 12.1. The van der Waals surface area contributed by atoms with E-state index in [2.05, 4.69) is 133 Å². The van der Waals surface area contributed by atoms with E-state index in [4.69, 9.17) is 0 Å². The fourth-order valence-corrected chi connectivity index (χ4v) is 9.16. The van der Waals surface area contributed by atoms with Crippen molar-refractivity contribution >= 4 is 84.6 Å². The van der Waals surface area contributed by atoms with E-state index in [-0.39, 0.29) is 0 Å². The molecule has 0 aliphatic carbocycles. The summed E-state index contributed by atoms with van der Waals surface area (Å²) in [5.74, 6) is 0. The highest BCUT2D eigenvalue weighted by atomic mass is 32.2. The van der Waals surface area contributed by atoms with E-state index < -0.39 is 0 Å². The van der Waals surface area contributed by atoms with Crippen LogP contribution in [0.25, 0.3) is 84.1 Å². The zero-order valence-corrected chi connectivity index (χ0v) is 23.2. The standard InChI is InChI=1S/C38H22S2/c1-2-10-24-21-25(18-17-23(24)9-1)35-27-11-3-5-13-29(27)36(30-14-6-4-12-28(30)35)26-19-20-32-34(22-26)40-38-37(32)31-15-7-8-16-33(31)39-38/h1-22H. The van der Waals surface area contributed by atoms with E-state index in [1.165, 1.54) is 84.1 Å². The molecule has 0 atom stereocenters. The molecule has 0 fully saturated rings. The van der Waals surface area contributed by atoms with Crippen molar-refractivity contribution in [2.24, 2.45) is 0 Å². The van der Waals surface area contributed by atoms with E-state index in [0.29, 0.717) is 0 Å². The van der Waals surface area contributed by atoms with Gasteiger partial charge in [0.2, 0.25) is 0 Å². The van der Waals surface area contributed by atoms with Crippen molar-refractivity contribution in [3.8, 4) is 22.3 Å². The number of hydrogen-bond acceptors (Lipinski definition) is 2. The third kappa shape index (κ3) is 3.18. The maximum absolute atomic E-state index is 2.42. The van der Waals surface area contributed by atoms with Crippen molar-refractivity contribution in [3.63, 3.8) is 0 Å². The quantitative estimate of drug-likeness (QED) is 0.191. The molecule has 0 spiro atoms. The van der Waals surface area contributed by atoms with Crippen molar-refractivity contribution in [1.29, 1.82) is 0 Å². The lowest BCUT2D eigenvalue weighted by Crippen LogP contribution is -1.90. The van der Waals surface area contributed by atoms with Crippen LogP contribution in [0.4, 0.5) is 0 Å². The molecule has 0 aliphatic rings. The van der Waals surface area contributed by atoms with Crippen LogP contribution in [0.1, 0.15) is 0 Å². The fraction of sp³-hybridized carbons (Fsp3) is 0. The second-order valence-corrected chi connectivity index (χ2v) is 12.8. The molecule has 0 aliphatic heterocycles. The van der Waals surface area contributed by atoms with Crippen LogP contribution >= 0.6 is 22.7 Å². The number of thiophene rings is 2. The highest BCUT2D eigenvalue weighted by molar-refractivity contribution is 7.44. The van der Waals surface area contributed by atoms with Gasteiger partial charge >= 0.3 is 0 Å². The molecule has 0 amide bonds. The Kier molecular flexibility index (Phi) is 4.74. The van der Waals surface area contributed by atoms with Crippen LogP contribution < -0.4 is 0 Å². The van der Waals surface area contributed by atoms with Gasteiger partial charge in [0.25, 0.3) is 0 Å². The summed E-state index contributed by atoms with van der Waals surface area (Å²) in [6.45, 7) is 0. The predicted molar refractivity (Wildman–Crippen MR) is 178 cm³/mol. The summed E-state index contributed by atoms with van der Waals surface area (Å²) in [4.78, 5) is 0. The highest BCUT2D eigenvalue weighted by Crippen LogP contribution is 2.48. The summed E-state index contributed by atoms with van der Waals surface area (Å²) in [6, 6.07) is 49.3. The molecule has 2 heteroatoms. The minimum absolute atomic E-state index is 1.26. The minimum atomic E-state index is 1.26. The Bertz CT molecular complexity index is 2380. The second kappa shape index (κ2) is 8.50. The fourth-order valence-electron chi connectivity index (χ4n) is 6.51. The molecule has 0 bridgehead atoms. The molecule has 0 unspecified atom stereocenters. The lowest BCUT2D eigenvalue weighted by Gasteiger charge is -2.18. The molecule has 9 aromatic rings. The van der Waals surface area contributed by atoms with Gasteiger partial charge in [0.1, 0.15) is 0 Å². The minimum Gasteiger partial charge on any atom is -0.124 e.